The minimum atomic E-state index is -0.553. The highest BCUT2D eigenvalue weighted by Gasteiger charge is 2.29. The van der Waals surface area contributed by atoms with Gasteiger partial charge in [-0.3, -0.25) is 9.59 Å². The van der Waals surface area contributed by atoms with Gasteiger partial charge < -0.3 is 4.74 Å². The molecule has 120 valence electrons. The molecule has 0 radical (unpaired) electrons. The van der Waals surface area contributed by atoms with Crippen LogP contribution in [0.15, 0.2) is 65.6 Å². The largest absolute Gasteiger partial charge is 0.457 e. The van der Waals surface area contributed by atoms with E-state index in [1.54, 1.807) is 18.7 Å². The van der Waals surface area contributed by atoms with Crippen molar-refractivity contribution in [1.29, 1.82) is 0 Å². The number of hydrogen-bond acceptors (Lipinski definition) is 4. The van der Waals surface area contributed by atoms with E-state index in [9.17, 15) is 9.59 Å². The van der Waals surface area contributed by atoms with E-state index in [4.69, 9.17) is 4.74 Å². The molecule has 0 saturated carbocycles. The molecular weight excluding hydrogens is 308 g/mol. The zero-order valence-electron chi connectivity index (χ0n) is 13.3. The van der Waals surface area contributed by atoms with Crippen molar-refractivity contribution >= 4 is 23.5 Å². The number of carbonyl (C=O) groups is 2. The summed E-state index contributed by atoms with van der Waals surface area (Å²) in [6.07, 6.45) is -0.553. The molecule has 0 aliphatic carbocycles. The summed E-state index contributed by atoms with van der Waals surface area (Å²) in [5, 5.41) is 0. The van der Waals surface area contributed by atoms with E-state index in [2.05, 4.69) is 0 Å². The number of esters is 1. The van der Waals surface area contributed by atoms with E-state index in [1.807, 2.05) is 60.7 Å². The van der Waals surface area contributed by atoms with Crippen molar-refractivity contribution in [2.75, 3.05) is 5.75 Å². The molecule has 2 aromatic rings. The molecular formula is C19H20O3S. The smallest absolute Gasteiger partial charge is 0.303 e. The second-order valence-corrected chi connectivity index (χ2v) is 6.38. The lowest BCUT2D eigenvalue weighted by Gasteiger charge is -2.25. The van der Waals surface area contributed by atoms with Crippen molar-refractivity contribution in [3.05, 3.63) is 66.2 Å². The van der Waals surface area contributed by atoms with Gasteiger partial charge in [0.05, 0.1) is 5.92 Å². The predicted octanol–water partition coefficient (Wildman–Crippen LogP) is 4.29. The molecule has 0 aliphatic heterocycles. The quantitative estimate of drug-likeness (QED) is 0.562. The van der Waals surface area contributed by atoms with Crippen molar-refractivity contribution in [3.63, 3.8) is 0 Å². The van der Waals surface area contributed by atoms with Crippen LogP contribution in [0.2, 0.25) is 0 Å². The fourth-order valence-electron chi connectivity index (χ4n) is 2.32. The molecule has 4 heteroatoms. The first-order chi connectivity index (χ1) is 11.1. The van der Waals surface area contributed by atoms with Gasteiger partial charge in [0.1, 0.15) is 11.9 Å². The summed E-state index contributed by atoms with van der Waals surface area (Å²) in [5.41, 5.74) is 0.844. The normalized spacial score (nSPS) is 13.1. The number of ether oxygens (including phenoxy) is 1. The molecule has 2 aromatic carbocycles. The van der Waals surface area contributed by atoms with Gasteiger partial charge in [0.25, 0.3) is 0 Å². The number of hydrogen-bond donors (Lipinski definition) is 0. The highest BCUT2D eigenvalue weighted by molar-refractivity contribution is 7.99. The Morgan fingerprint density at radius 1 is 0.957 bits per heavy atom. The SMILES string of the molecule is CC(=O)OC(c1ccccc1)C(CSc1ccccc1)C(C)=O. The lowest BCUT2D eigenvalue weighted by Crippen LogP contribution is -2.26. The second kappa shape index (κ2) is 8.53. The van der Waals surface area contributed by atoms with Crippen LogP contribution in [0.5, 0.6) is 0 Å². The third kappa shape index (κ3) is 5.25. The third-order valence-corrected chi connectivity index (χ3v) is 4.61. The Hall–Kier alpha value is -2.07. The van der Waals surface area contributed by atoms with Crippen LogP contribution in [0, 0.1) is 5.92 Å². The van der Waals surface area contributed by atoms with Crippen molar-refractivity contribution in [3.8, 4) is 0 Å². The predicted molar refractivity (Wildman–Crippen MR) is 92.3 cm³/mol. The van der Waals surface area contributed by atoms with Crippen molar-refractivity contribution in [2.24, 2.45) is 5.92 Å². The van der Waals surface area contributed by atoms with Crippen LogP contribution in [0.1, 0.15) is 25.5 Å². The lowest BCUT2D eigenvalue weighted by molar-refractivity contribution is -0.150. The summed E-state index contributed by atoms with van der Waals surface area (Å²) in [4.78, 5) is 24.7. The average molecular weight is 328 g/mol. The summed E-state index contributed by atoms with van der Waals surface area (Å²) in [7, 11) is 0. The fraction of sp³-hybridized carbons (Fsp3) is 0.263. The zero-order valence-corrected chi connectivity index (χ0v) is 14.1. The summed E-state index contributed by atoms with van der Waals surface area (Å²) in [6, 6.07) is 19.3. The number of ketones is 1. The standard InChI is InChI=1S/C19H20O3S/c1-14(20)18(13-23-17-11-7-4-8-12-17)19(22-15(2)21)16-9-5-3-6-10-16/h3-12,18-19H,13H2,1-2H3. The van der Waals surface area contributed by atoms with Crippen LogP contribution < -0.4 is 0 Å². The van der Waals surface area contributed by atoms with E-state index >= 15 is 0 Å². The molecule has 3 nitrogen and oxygen atoms in total. The van der Waals surface area contributed by atoms with Gasteiger partial charge in [-0.15, -0.1) is 11.8 Å². The van der Waals surface area contributed by atoms with Gasteiger partial charge >= 0.3 is 5.97 Å². The fourth-order valence-corrected chi connectivity index (χ4v) is 3.46. The van der Waals surface area contributed by atoms with E-state index in [0.29, 0.717) is 5.75 Å². The molecule has 0 spiro atoms. The number of thioether (sulfide) groups is 1. The Balaban J connectivity index is 2.20. The molecule has 2 unspecified atom stereocenters. The molecule has 0 aliphatic rings. The van der Waals surface area contributed by atoms with Crippen molar-refractivity contribution in [2.45, 2.75) is 24.8 Å². The Kier molecular flexibility index (Phi) is 6.41. The maximum absolute atomic E-state index is 12.2. The minimum Gasteiger partial charge on any atom is -0.457 e. The summed E-state index contributed by atoms with van der Waals surface area (Å²) < 4.78 is 5.48. The number of carbonyl (C=O) groups excluding carboxylic acids is 2. The van der Waals surface area contributed by atoms with E-state index in [1.165, 1.54) is 6.92 Å². The molecule has 0 fully saturated rings. The number of benzene rings is 2. The Morgan fingerprint density at radius 2 is 1.52 bits per heavy atom. The van der Waals surface area contributed by atoms with Gasteiger partial charge in [-0.1, -0.05) is 48.5 Å². The summed E-state index contributed by atoms with van der Waals surface area (Å²) in [5.74, 6) is -0.184. The summed E-state index contributed by atoms with van der Waals surface area (Å²) >= 11 is 1.59. The highest BCUT2D eigenvalue weighted by atomic mass is 32.2. The second-order valence-electron chi connectivity index (χ2n) is 5.28. The van der Waals surface area contributed by atoms with Crippen LogP contribution in [0.4, 0.5) is 0 Å². The Morgan fingerprint density at radius 3 is 2.04 bits per heavy atom. The van der Waals surface area contributed by atoms with Gasteiger partial charge in [0, 0.05) is 17.6 Å². The molecule has 0 amide bonds. The van der Waals surface area contributed by atoms with Gasteiger partial charge in [0.2, 0.25) is 0 Å². The molecule has 2 atom stereocenters. The van der Waals surface area contributed by atoms with Gasteiger partial charge in [-0.25, -0.2) is 0 Å². The molecule has 2 rings (SSSR count). The molecule has 0 heterocycles. The van der Waals surface area contributed by atoms with Crippen molar-refractivity contribution in [1.82, 2.24) is 0 Å². The molecule has 0 bridgehead atoms. The molecule has 0 aromatic heterocycles. The lowest BCUT2D eigenvalue weighted by atomic mass is 9.94. The van der Waals surface area contributed by atoms with Crippen LogP contribution in [-0.4, -0.2) is 17.5 Å². The molecule has 0 N–H and O–H groups in total. The van der Waals surface area contributed by atoms with E-state index in [-0.39, 0.29) is 17.7 Å². The maximum atomic E-state index is 12.2. The number of rotatable bonds is 7. The third-order valence-electron chi connectivity index (χ3n) is 3.48. The van der Waals surface area contributed by atoms with Gasteiger partial charge in [-0.05, 0) is 24.6 Å². The summed E-state index contributed by atoms with van der Waals surface area (Å²) in [6.45, 7) is 2.92. The van der Waals surface area contributed by atoms with Crippen LogP contribution in [0.25, 0.3) is 0 Å². The Bertz CT molecular complexity index is 640. The van der Waals surface area contributed by atoms with E-state index < -0.39 is 6.10 Å². The number of Topliss-reactive ketones (excluding diaryl/α,β-unsaturated/α-hetero) is 1. The topological polar surface area (TPSA) is 43.4 Å². The van der Waals surface area contributed by atoms with Crippen molar-refractivity contribution < 1.29 is 14.3 Å². The zero-order chi connectivity index (χ0) is 16.7. The molecule has 23 heavy (non-hydrogen) atoms. The average Bonchev–Trinajstić information content (AvgIpc) is 2.55. The first-order valence-corrected chi connectivity index (χ1v) is 8.47. The van der Waals surface area contributed by atoms with Gasteiger partial charge in [-0.2, -0.15) is 0 Å². The Labute approximate surface area is 141 Å². The molecule has 0 saturated heterocycles. The monoisotopic (exact) mass is 328 g/mol. The highest BCUT2D eigenvalue weighted by Crippen LogP contribution is 2.32. The first-order valence-electron chi connectivity index (χ1n) is 7.48. The van der Waals surface area contributed by atoms with Gasteiger partial charge in [0.15, 0.2) is 0 Å². The minimum absolute atomic E-state index is 0.0172. The van der Waals surface area contributed by atoms with Crippen LogP contribution in [0.3, 0.4) is 0 Å². The maximum Gasteiger partial charge on any atom is 0.303 e. The first kappa shape index (κ1) is 17.3. The van der Waals surface area contributed by atoms with E-state index in [0.717, 1.165) is 10.5 Å². The van der Waals surface area contributed by atoms with Crippen LogP contribution >= 0.6 is 11.8 Å². The van der Waals surface area contributed by atoms with Crippen LogP contribution in [-0.2, 0) is 14.3 Å².